The summed E-state index contributed by atoms with van der Waals surface area (Å²) in [6.45, 7) is 2.46. The predicted molar refractivity (Wildman–Crippen MR) is 112 cm³/mol. The third-order valence-corrected chi connectivity index (χ3v) is 5.78. The Balaban J connectivity index is 1.27. The minimum atomic E-state index is -0.654. The number of carbonyl (C=O) groups is 4. The molecule has 9 nitrogen and oxygen atoms in total. The minimum absolute atomic E-state index is 0.00836. The van der Waals surface area contributed by atoms with Gasteiger partial charge in [0.1, 0.15) is 11.6 Å². The van der Waals surface area contributed by atoms with Crippen molar-refractivity contribution in [3.63, 3.8) is 0 Å². The zero-order chi connectivity index (χ0) is 22.4. The fourth-order valence-electron chi connectivity index (χ4n) is 4.13. The van der Waals surface area contributed by atoms with Gasteiger partial charge in [0.05, 0.1) is 0 Å². The highest BCUT2D eigenvalue weighted by Crippen LogP contribution is 2.28. The van der Waals surface area contributed by atoms with Gasteiger partial charge in [0.2, 0.25) is 11.8 Å². The zero-order valence-corrected chi connectivity index (χ0v) is 17.3. The van der Waals surface area contributed by atoms with E-state index in [9.17, 15) is 19.2 Å². The summed E-state index contributed by atoms with van der Waals surface area (Å²) in [7, 11) is 0. The molecular formula is C23H20N4O5. The first-order chi connectivity index (χ1) is 15.4. The van der Waals surface area contributed by atoms with Crippen LogP contribution in [-0.2, 0) is 22.7 Å². The number of nitrogens with zero attached hydrogens (tertiary/aromatic N) is 2. The zero-order valence-electron chi connectivity index (χ0n) is 17.3. The molecule has 1 unspecified atom stereocenters. The first-order valence-corrected chi connectivity index (χ1v) is 10.3. The molecule has 9 heteroatoms. The van der Waals surface area contributed by atoms with E-state index in [1.54, 1.807) is 18.2 Å². The maximum Gasteiger partial charge on any atom is 0.307 e. The van der Waals surface area contributed by atoms with Crippen LogP contribution in [-0.4, -0.2) is 39.6 Å². The van der Waals surface area contributed by atoms with Gasteiger partial charge in [-0.15, -0.1) is 0 Å². The highest BCUT2D eigenvalue weighted by atomic mass is 16.4. The number of nitrogens with one attached hydrogen (secondary N) is 2. The Bertz CT molecular complexity index is 1290. The molecule has 0 saturated carbocycles. The van der Waals surface area contributed by atoms with Gasteiger partial charge in [-0.05, 0) is 48.2 Å². The van der Waals surface area contributed by atoms with Crippen LogP contribution in [0.5, 0.6) is 0 Å². The molecule has 0 aliphatic carbocycles. The number of hydrogen-bond donors (Lipinski definition) is 2. The predicted octanol–water partition coefficient (Wildman–Crippen LogP) is 1.83. The molecule has 0 bridgehead atoms. The number of rotatable bonds is 4. The number of oxazole rings is 1. The van der Waals surface area contributed by atoms with Crippen molar-refractivity contribution in [2.75, 3.05) is 0 Å². The summed E-state index contributed by atoms with van der Waals surface area (Å²) >= 11 is 0. The summed E-state index contributed by atoms with van der Waals surface area (Å²) in [6.07, 6.45) is 0.528. The monoisotopic (exact) mass is 432 g/mol. The lowest BCUT2D eigenvalue weighted by molar-refractivity contribution is -0.136. The number of imide groups is 1. The van der Waals surface area contributed by atoms with Crippen LogP contribution >= 0.6 is 0 Å². The van der Waals surface area contributed by atoms with Crippen molar-refractivity contribution in [3.8, 4) is 0 Å². The van der Waals surface area contributed by atoms with Gasteiger partial charge >= 0.3 is 5.91 Å². The molecular weight excluding hydrogens is 412 g/mol. The Hall–Kier alpha value is -4.01. The number of aromatic nitrogens is 1. The summed E-state index contributed by atoms with van der Waals surface area (Å²) in [5.74, 6) is -1.43. The van der Waals surface area contributed by atoms with E-state index in [1.807, 2.05) is 25.1 Å². The summed E-state index contributed by atoms with van der Waals surface area (Å²) in [4.78, 5) is 54.5. The lowest BCUT2D eigenvalue weighted by atomic mass is 10.0. The molecule has 2 aromatic carbocycles. The topological polar surface area (TPSA) is 122 Å². The average Bonchev–Trinajstić information content (AvgIpc) is 3.33. The second-order valence-electron chi connectivity index (χ2n) is 8.06. The Labute approximate surface area is 182 Å². The van der Waals surface area contributed by atoms with E-state index in [-0.39, 0.29) is 37.2 Å². The molecule has 162 valence electrons. The van der Waals surface area contributed by atoms with Crippen LogP contribution in [0, 0.1) is 6.92 Å². The van der Waals surface area contributed by atoms with Crippen LogP contribution in [0.1, 0.15) is 50.6 Å². The molecule has 2 N–H and O–H groups in total. The Morgan fingerprint density at radius 1 is 1.22 bits per heavy atom. The van der Waals surface area contributed by atoms with Gasteiger partial charge in [-0.3, -0.25) is 24.5 Å². The normalized spacial score (nSPS) is 18.1. The van der Waals surface area contributed by atoms with E-state index in [1.165, 1.54) is 4.90 Å². The lowest BCUT2D eigenvalue weighted by Crippen LogP contribution is -2.52. The molecule has 3 aromatic rings. The molecule has 0 spiro atoms. The van der Waals surface area contributed by atoms with Crippen molar-refractivity contribution in [1.82, 2.24) is 20.5 Å². The van der Waals surface area contributed by atoms with E-state index in [0.29, 0.717) is 23.1 Å². The summed E-state index contributed by atoms with van der Waals surface area (Å²) in [6, 6.07) is 10.2. The van der Waals surface area contributed by atoms with Crippen LogP contribution in [0.2, 0.25) is 0 Å². The van der Waals surface area contributed by atoms with Crippen molar-refractivity contribution in [2.24, 2.45) is 0 Å². The Morgan fingerprint density at radius 2 is 2.06 bits per heavy atom. The van der Waals surface area contributed by atoms with Gasteiger partial charge in [0, 0.05) is 25.1 Å². The van der Waals surface area contributed by atoms with Gasteiger partial charge in [-0.25, -0.2) is 4.98 Å². The molecule has 2 aliphatic heterocycles. The van der Waals surface area contributed by atoms with Gasteiger partial charge in [0.15, 0.2) is 5.58 Å². The smallest absolute Gasteiger partial charge is 0.307 e. The van der Waals surface area contributed by atoms with Crippen molar-refractivity contribution >= 4 is 34.7 Å². The molecule has 32 heavy (non-hydrogen) atoms. The molecule has 4 amide bonds. The second kappa shape index (κ2) is 7.60. The summed E-state index contributed by atoms with van der Waals surface area (Å²) in [5.41, 5.74) is 4.31. The number of benzene rings is 2. The van der Waals surface area contributed by atoms with E-state index >= 15 is 0 Å². The number of fused-ring (bicyclic) bond motifs is 2. The molecule has 3 heterocycles. The van der Waals surface area contributed by atoms with Crippen molar-refractivity contribution in [3.05, 3.63) is 64.5 Å². The number of piperidine rings is 1. The van der Waals surface area contributed by atoms with Gasteiger partial charge < -0.3 is 14.6 Å². The fraction of sp³-hybridized carbons (Fsp3) is 0.261. The maximum absolute atomic E-state index is 12.8. The number of amides is 4. The first-order valence-electron chi connectivity index (χ1n) is 10.3. The van der Waals surface area contributed by atoms with Crippen molar-refractivity contribution < 1.29 is 23.6 Å². The molecule has 1 fully saturated rings. The highest BCUT2D eigenvalue weighted by Gasteiger charge is 2.39. The summed E-state index contributed by atoms with van der Waals surface area (Å²) < 4.78 is 5.52. The van der Waals surface area contributed by atoms with Crippen LogP contribution in [0.25, 0.3) is 11.1 Å². The van der Waals surface area contributed by atoms with E-state index in [0.717, 1.165) is 16.7 Å². The number of aryl methyl sites for hydroxylation is 1. The van der Waals surface area contributed by atoms with Gasteiger partial charge in [-0.1, -0.05) is 18.2 Å². The lowest BCUT2D eigenvalue weighted by Gasteiger charge is -2.29. The van der Waals surface area contributed by atoms with Crippen LogP contribution < -0.4 is 10.6 Å². The third kappa shape index (κ3) is 3.51. The standard InChI is InChI=1S/C23H20N4O5/c1-12-2-6-18-16(8-12)25-22(32-18)21(30)24-10-13-3-4-15-14(9-13)11-27(23(15)31)17-5-7-19(28)26-20(17)29/h2-4,6,8-9,17H,5,7,10-11H2,1H3,(H,24,30)(H,26,28,29). The van der Waals surface area contributed by atoms with Crippen molar-refractivity contribution in [2.45, 2.75) is 38.9 Å². The van der Waals surface area contributed by atoms with Crippen LogP contribution in [0.4, 0.5) is 0 Å². The van der Waals surface area contributed by atoms with Crippen LogP contribution in [0.15, 0.2) is 40.8 Å². The Morgan fingerprint density at radius 3 is 2.88 bits per heavy atom. The second-order valence-corrected chi connectivity index (χ2v) is 8.06. The molecule has 1 aromatic heterocycles. The fourth-order valence-corrected chi connectivity index (χ4v) is 4.13. The van der Waals surface area contributed by atoms with Crippen molar-refractivity contribution in [1.29, 1.82) is 0 Å². The first kappa shape index (κ1) is 19.9. The van der Waals surface area contributed by atoms with Gasteiger partial charge in [-0.2, -0.15) is 0 Å². The largest absolute Gasteiger partial charge is 0.432 e. The quantitative estimate of drug-likeness (QED) is 0.607. The molecule has 0 radical (unpaired) electrons. The minimum Gasteiger partial charge on any atom is -0.432 e. The SMILES string of the molecule is Cc1ccc2oc(C(=O)NCc3ccc4c(c3)CN(C3CCC(=O)NC3=O)C4=O)nc2c1. The maximum atomic E-state index is 12.8. The highest BCUT2D eigenvalue weighted by molar-refractivity contribution is 6.05. The molecule has 1 atom stereocenters. The molecule has 5 rings (SSSR count). The summed E-state index contributed by atoms with van der Waals surface area (Å²) in [5, 5.41) is 5.08. The molecule has 2 aliphatic rings. The van der Waals surface area contributed by atoms with Crippen LogP contribution in [0.3, 0.4) is 0 Å². The van der Waals surface area contributed by atoms with Gasteiger partial charge in [0.25, 0.3) is 11.8 Å². The Kier molecular flexibility index (Phi) is 4.73. The van der Waals surface area contributed by atoms with E-state index in [2.05, 4.69) is 15.6 Å². The molecule has 1 saturated heterocycles. The third-order valence-electron chi connectivity index (χ3n) is 5.78. The number of carbonyl (C=O) groups excluding carboxylic acids is 4. The van der Waals surface area contributed by atoms with E-state index < -0.39 is 17.9 Å². The number of hydrogen-bond acceptors (Lipinski definition) is 6. The average molecular weight is 432 g/mol. The van der Waals surface area contributed by atoms with E-state index in [4.69, 9.17) is 4.42 Å².